The first-order valence-electron chi connectivity index (χ1n) is 18.8. The number of unbranched alkanes of at least 4 members (excludes halogenated alkanes) is 2. The number of carbonyl (C=O) groups is 5. The Kier molecular flexibility index (Phi) is 12.2. The van der Waals surface area contributed by atoms with Crippen LogP contribution in [0, 0.1) is 5.82 Å². The summed E-state index contributed by atoms with van der Waals surface area (Å²) in [5.74, 6) is -1.41. The molecule has 5 heterocycles. The SMILES string of the molecule is C[C@@H](Oc1cc(-c2cnn(C3CCN(C(=O)CCCCCSc4cccc5c4C(=O)N(C4CCC(=O)NC4=O)C5=O)CC3)c2)cnc1N)c1c(Cl)ccc(F)c1Cl. The van der Waals surface area contributed by atoms with E-state index < -0.39 is 41.6 Å². The Morgan fingerprint density at radius 2 is 1.82 bits per heavy atom. The Morgan fingerprint density at radius 1 is 1.04 bits per heavy atom. The summed E-state index contributed by atoms with van der Waals surface area (Å²) in [6, 6.07) is 8.59. The van der Waals surface area contributed by atoms with E-state index in [0.717, 1.165) is 48.1 Å². The molecule has 298 valence electrons. The minimum absolute atomic E-state index is 0.0673. The van der Waals surface area contributed by atoms with Crippen LogP contribution in [0.15, 0.2) is 59.9 Å². The monoisotopic (exact) mass is 835 g/mol. The summed E-state index contributed by atoms with van der Waals surface area (Å²) >= 11 is 14.0. The predicted molar refractivity (Wildman–Crippen MR) is 212 cm³/mol. The molecular formula is C40H40Cl2FN7O6S. The molecule has 4 aromatic rings. The highest BCUT2D eigenvalue weighted by molar-refractivity contribution is 7.99. The van der Waals surface area contributed by atoms with Gasteiger partial charge in [0.05, 0.1) is 28.4 Å². The molecule has 7 rings (SSSR count). The van der Waals surface area contributed by atoms with Gasteiger partial charge < -0.3 is 15.4 Å². The number of rotatable bonds is 13. The van der Waals surface area contributed by atoms with E-state index in [1.54, 1.807) is 43.6 Å². The predicted octanol–water partition coefficient (Wildman–Crippen LogP) is 7.03. The maximum absolute atomic E-state index is 14.1. The van der Waals surface area contributed by atoms with E-state index in [-0.39, 0.29) is 46.2 Å². The van der Waals surface area contributed by atoms with Gasteiger partial charge in [0.2, 0.25) is 17.7 Å². The maximum Gasteiger partial charge on any atom is 0.263 e. The number of imide groups is 2. The van der Waals surface area contributed by atoms with Crippen LogP contribution in [0.4, 0.5) is 10.2 Å². The Hall–Kier alpha value is -4.99. The van der Waals surface area contributed by atoms with Crippen LogP contribution in [0.5, 0.6) is 5.75 Å². The molecule has 2 fully saturated rings. The highest BCUT2D eigenvalue weighted by Gasteiger charge is 2.45. The van der Waals surface area contributed by atoms with Gasteiger partial charge in [-0.3, -0.25) is 38.9 Å². The van der Waals surface area contributed by atoms with E-state index in [1.165, 1.54) is 23.9 Å². The van der Waals surface area contributed by atoms with Crippen molar-refractivity contribution in [1.29, 1.82) is 0 Å². The van der Waals surface area contributed by atoms with Crippen molar-refractivity contribution in [2.45, 2.75) is 81.4 Å². The van der Waals surface area contributed by atoms with Crippen LogP contribution >= 0.6 is 35.0 Å². The maximum atomic E-state index is 14.1. The third kappa shape index (κ3) is 8.51. The van der Waals surface area contributed by atoms with Crippen molar-refractivity contribution >= 4 is 70.3 Å². The number of nitrogen functional groups attached to an aromatic ring is 1. The normalized spacial score (nSPS) is 17.9. The molecule has 2 aromatic carbocycles. The summed E-state index contributed by atoms with van der Waals surface area (Å²) in [5.41, 5.74) is 8.54. The molecule has 2 saturated heterocycles. The fraction of sp³-hybridized carbons (Fsp3) is 0.375. The number of hydrogen-bond acceptors (Lipinski definition) is 10. The van der Waals surface area contributed by atoms with Crippen LogP contribution in [0.2, 0.25) is 10.0 Å². The Balaban J connectivity index is 0.851. The van der Waals surface area contributed by atoms with Crippen molar-refractivity contribution in [1.82, 2.24) is 29.9 Å². The number of benzene rings is 2. The van der Waals surface area contributed by atoms with Crippen molar-refractivity contribution < 1.29 is 33.1 Å². The van der Waals surface area contributed by atoms with Gasteiger partial charge in [-0.05, 0) is 75.1 Å². The quantitative estimate of drug-likeness (QED) is 0.0617. The largest absolute Gasteiger partial charge is 0.482 e. The van der Waals surface area contributed by atoms with E-state index in [2.05, 4.69) is 15.4 Å². The molecule has 1 unspecified atom stereocenters. The second-order valence-corrected chi connectivity index (χ2v) is 16.2. The first-order valence-corrected chi connectivity index (χ1v) is 20.5. The van der Waals surface area contributed by atoms with E-state index in [9.17, 15) is 28.4 Å². The zero-order chi connectivity index (χ0) is 40.4. The van der Waals surface area contributed by atoms with Gasteiger partial charge >= 0.3 is 0 Å². The zero-order valence-electron chi connectivity index (χ0n) is 31.0. The number of anilines is 1. The number of piperidine rings is 2. The number of ether oxygens (including phenoxy) is 1. The second kappa shape index (κ2) is 17.2. The van der Waals surface area contributed by atoms with Crippen LogP contribution in [0.3, 0.4) is 0 Å². The summed E-state index contributed by atoms with van der Waals surface area (Å²) < 4.78 is 22.1. The molecule has 0 aliphatic carbocycles. The highest BCUT2D eigenvalue weighted by atomic mass is 35.5. The number of halogens is 3. The molecule has 0 spiro atoms. The summed E-state index contributed by atoms with van der Waals surface area (Å²) in [7, 11) is 0. The third-order valence-corrected chi connectivity index (χ3v) is 12.4. The van der Waals surface area contributed by atoms with Crippen LogP contribution < -0.4 is 15.8 Å². The van der Waals surface area contributed by atoms with E-state index >= 15 is 0 Å². The van der Waals surface area contributed by atoms with Gasteiger partial charge in [-0.1, -0.05) is 35.7 Å². The molecule has 2 aromatic heterocycles. The molecule has 0 bridgehead atoms. The van der Waals surface area contributed by atoms with Gasteiger partial charge in [-0.15, -0.1) is 11.8 Å². The highest BCUT2D eigenvalue weighted by Crippen LogP contribution is 2.38. The molecule has 5 amide bonds. The average molecular weight is 837 g/mol. The van der Waals surface area contributed by atoms with Crippen molar-refractivity contribution in [2.24, 2.45) is 0 Å². The number of amides is 5. The fourth-order valence-electron chi connectivity index (χ4n) is 7.44. The standard InChI is InChI=1S/C40H40Cl2FN7O6S/c1-22(34-27(41)9-10-28(43)36(34)42)56-30-18-23(19-45-37(30)44)24-20-46-49(21-24)25-13-15-48(16-14-25)33(52)8-3-2-4-17-57-31-7-5-6-26-35(31)40(55)50(39(26)54)29-11-12-32(51)47-38(29)53/h5-7,9-10,18-22,25,29H,2-4,8,11-17H2,1H3,(H2,44,45)(H,47,51,53)/t22-,29?/m1/s1. The number of pyridine rings is 1. The molecule has 3 aliphatic heterocycles. The van der Waals surface area contributed by atoms with Gasteiger partial charge in [0, 0.05) is 64.9 Å². The van der Waals surface area contributed by atoms with E-state index in [0.29, 0.717) is 47.0 Å². The molecule has 0 radical (unpaired) electrons. The summed E-state index contributed by atoms with van der Waals surface area (Å²) in [5, 5.41) is 6.98. The molecular weight excluding hydrogens is 796 g/mol. The third-order valence-electron chi connectivity index (χ3n) is 10.5. The van der Waals surface area contributed by atoms with Gasteiger partial charge in [-0.2, -0.15) is 5.10 Å². The molecule has 0 saturated carbocycles. The van der Waals surface area contributed by atoms with Gasteiger partial charge in [-0.25, -0.2) is 9.37 Å². The number of fused-ring (bicyclic) bond motifs is 1. The van der Waals surface area contributed by atoms with E-state index in [1.807, 2.05) is 15.8 Å². The Morgan fingerprint density at radius 3 is 2.60 bits per heavy atom. The van der Waals surface area contributed by atoms with Gasteiger partial charge in [0.1, 0.15) is 18.0 Å². The average Bonchev–Trinajstić information content (AvgIpc) is 3.79. The van der Waals surface area contributed by atoms with E-state index in [4.69, 9.17) is 33.7 Å². The number of carbonyl (C=O) groups excluding carboxylic acids is 5. The van der Waals surface area contributed by atoms with Crippen LogP contribution in [-0.2, 0) is 14.4 Å². The number of thioether (sulfide) groups is 1. The number of nitrogens with zero attached hydrogens (tertiary/aromatic N) is 5. The topological polar surface area (TPSA) is 170 Å². The van der Waals surface area contributed by atoms with Gasteiger partial charge in [0.15, 0.2) is 11.6 Å². The lowest BCUT2D eigenvalue weighted by molar-refractivity contribution is -0.136. The molecule has 17 heteroatoms. The number of likely N-dealkylation sites (tertiary alicyclic amines) is 1. The summed E-state index contributed by atoms with van der Waals surface area (Å²) in [4.78, 5) is 71.4. The lowest BCUT2D eigenvalue weighted by Crippen LogP contribution is -2.54. The van der Waals surface area contributed by atoms with Gasteiger partial charge in [0.25, 0.3) is 11.8 Å². The first-order chi connectivity index (χ1) is 27.4. The lowest BCUT2D eigenvalue weighted by atomic mass is 10.0. The zero-order valence-corrected chi connectivity index (χ0v) is 33.3. The molecule has 2 atom stereocenters. The second-order valence-electron chi connectivity index (χ2n) is 14.2. The molecule has 3 aliphatic rings. The fourth-order valence-corrected chi connectivity index (χ4v) is 9.20. The molecule has 3 N–H and O–H groups in total. The van der Waals surface area contributed by atoms with Crippen molar-refractivity contribution in [2.75, 3.05) is 24.6 Å². The van der Waals surface area contributed by atoms with Crippen molar-refractivity contribution in [3.05, 3.63) is 87.5 Å². The number of nitrogens with one attached hydrogen (secondary N) is 1. The van der Waals surface area contributed by atoms with Crippen LogP contribution in [-0.4, -0.2) is 79.0 Å². The number of aromatic nitrogens is 3. The number of nitrogens with two attached hydrogens (primary N) is 1. The molecule has 57 heavy (non-hydrogen) atoms. The Labute approximate surface area is 342 Å². The Bertz CT molecular complexity index is 2250. The van der Waals surface area contributed by atoms with Crippen LogP contribution in [0.25, 0.3) is 11.1 Å². The minimum atomic E-state index is -1.00. The van der Waals surface area contributed by atoms with Crippen LogP contribution in [0.1, 0.15) is 96.7 Å². The summed E-state index contributed by atoms with van der Waals surface area (Å²) in [6.07, 6.45) is 9.12. The van der Waals surface area contributed by atoms with Crippen molar-refractivity contribution in [3.8, 4) is 16.9 Å². The lowest BCUT2D eigenvalue weighted by Gasteiger charge is -2.32. The number of hydrogen-bond donors (Lipinski definition) is 2. The minimum Gasteiger partial charge on any atom is -0.482 e. The summed E-state index contributed by atoms with van der Waals surface area (Å²) in [6.45, 7) is 2.95. The molecule has 13 nitrogen and oxygen atoms in total. The first kappa shape index (κ1) is 40.2. The smallest absolute Gasteiger partial charge is 0.263 e. The van der Waals surface area contributed by atoms with Crippen molar-refractivity contribution in [3.63, 3.8) is 0 Å².